The zero-order valence-corrected chi connectivity index (χ0v) is 38.1. The van der Waals surface area contributed by atoms with Gasteiger partial charge in [-0.05, 0) is 62.4 Å². The zero-order valence-electron chi connectivity index (χ0n) is 36.1. The van der Waals surface area contributed by atoms with Gasteiger partial charge in [0.25, 0.3) is 23.6 Å². The van der Waals surface area contributed by atoms with Gasteiger partial charge in [0.05, 0.1) is 42.8 Å². The van der Waals surface area contributed by atoms with Crippen LogP contribution < -0.4 is 24.0 Å². The largest absolute Gasteiger partial charge is 0.493 e. The van der Waals surface area contributed by atoms with Gasteiger partial charge < -0.3 is 33.5 Å². The fourth-order valence-electron chi connectivity index (χ4n) is 7.79. The molecule has 15 heteroatoms. The minimum absolute atomic E-state index is 0.0176. The van der Waals surface area contributed by atoms with Crippen molar-refractivity contribution in [1.82, 2.24) is 9.80 Å². The highest BCUT2D eigenvalue weighted by atomic mass is 28.3. The van der Waals surface area contributed by atoms with Gasteiger partial charge in [0.1, 0.15) is 31.3 Å². The molecule has 58 heavy (non-hydrogen) atoms. The molecule has 1 saturated heterocycles. The SMILES string of the molecule is COc1cc2c(cc1OCCCOc1cc3c(cc1C)C(=O)N1CC(C)C[C@H]1C(=O)N3COCC[Si](C)(C)C)N(COCC[Si](C)(C)C)C(=O)[C@@H]1CC(C)=CN1C2=O. The van der Waals surface area contributed by atoms with Crippen molar-refractivity contribution < 1.29 is 42.9 Å². The quantitative estimate of drug-likeness (QED) is 0.121. The molecule has 0 radical (unpaired) electrons. The lowest BCUT2D eigenvalue weighted by Gasteiger charge is -2.27. The van der Waals surface area contributed by atoms with Crippen LogP contribution in [0.5, 0.6) is 17.2 Å². The van der Waals surface area contributed by atoms with Crippen LogP contribution in [-0.4, -0.2) is 115 Å². The van der Waals surface area contributed by atoms with E-state index in [0.29, 0.717) is 78.8 Å². The molecule has 0 spiro atoms. The van der Waals surface area contributed by atoms with Crippen LogP contribution in [0.2, 0.25) is 51.4 Å². The number of amides is 4. The van der Waals surface area contributed by atoms with Gasteiger partial charge in [-0.15, -0.1) is 0 Å². The van der Waals surface area contributed by atoms with Crippen molar-refractivity contribution in [2.45, 2.75) is 103 Å². The minimum Gasteiger partial charge on any atom is -0.493 e. The lowest BCUT2D eigenvalue weighted by molar-refractivity contribution is -0.123. The van der Waals surface area contributed by atoms with E-state index < -0.39 is 28.2 Å². The van der Waals surface area contributed by atoms with E-state index in [2.05, 4.69) is 46.2 Å². The van der Waals surface area contributed by atoms with Crippen LogP contribution in [0.25, 0.3) is 0 Å². The Morgan fingerprint density at radius 3 is 1.83 bits per heavy atom. The Hall–Kier alpha value is -4.19. The van der Waals surface area contributed by atoms with Crippen molar-refractivity contribution >= 4 is 51.2 Å². The molecule has 4 amide bonds. The molecule has 0 bridgehead atoms. The van der Waals surface area contributed by atoms with Crippen molar-refractivity contribution in [3.8, 4) is 17.2 Å². The summed E-state index contributed by atoms with van der Waals surface area (Å²) in [6, 6.07) is 7.70. The molecule has 0 aromatic heterocycles. The third kappa shape index (κ3) is 9.64. The van der Waals surface area contributed by atoms with E-state index in [4.69, 9.17) is 23.7 Å². The first kappa shape index (κ1) is 43.4. The second-order valence-corrected chi connectivity index (χ2v) is 29.9. The van der Waals surface area contributed by atoms with Gasteiger partial charge >= 0.3 is 0 Å². The Morgan fingerprint density at radius 2 is 1.24 bits per heavy atom. The average Bonchev–Trinajstić information content (AvgIpc) is 3.72. The number of benzene rings is 2. The standard InChI is InChI=1S/C43H62N4O9Si2/c1-28-18-35-42(50)46(26-53-14-16-57(5,6)7)33-22-37(30(3)20-31(33)40(48)44(35)24-28)55-12-11-13-56-39-23-34-32(21-38(39)52-4)41(49)45-25-29(2)19-36(45)43(51)47(34)27-54-15-17-58(8,9)10/h20-23,25,28,35-36H,11-19,24,26-27H2,1-10H3/t28?,35-,36-/m0/s1. The van der Waals surface area contributed by atoms with Crippen molar-refractivity contribution in [3.05, 3.63) is 52.7 Å². The monoisotopic (exact) mass is 834 g/mol. The number of ether oxygens (including phenoxy) is 5. The summed E-state index contributed by atoms with van der Waals surface area (Å²) < 4.78 is 30.4. The van der Waals surface area contributed by atoms with Gasteiger partial charge in [-0.1, -0.05) is 51.8 Å². The van der Waals surface area contributed by atoms with Crippen LogP contribution in [0.4, 0.5) is 11.4 Å². The Morgan fingerprint density at radius 1 is 0.690 bits per heavy atom. The first-order valence-electron chi connectivity index (χ1n) is 20.6. The molecule has 4 heterocycles. The topological polar surface area (TPSA) is 127 Å². The number of rotatable bonds is 17. The smallest absolute Gasteiger partial charge is 0.260 e. The number of hydrogen-bond acceptors (Lipinski definition) is 9. The summed E-state index contributed by atoms with van der Waals surface area (Å²) in [7, 11) is -1.20. The molecule has 2 aromatic carbocycles. The number of nitrogens with zero attached hydrogens (tertiary/aromatic N) is 4. The number of aryl methyl sites for hydroxylation is 1. The third-order valence-electron chi connectivity index (χ3n) is 11.2. The molecule has 2 aromatic rings. The molecular weight excluding hydrogens is 773 g/mol. The summed E-state index contributed by atoms with van der Waals surface area (Å²) in [5.74, 6) is 0.797. The summed E-state index contributed by atoms with van der Waals surface area (Å²) in [5, 5.41) is 0. The third-order valence-corrected chi connectivity index (χ3v) is 14.6. The normalized spacial score (nSPS) is 20.7. The lowest BCUT2D eigenvalue weighted by atomic mass is 10.1. The number of carbonyl (C=O) groups is 4. The molecule has 0 aliphatic carbocycles. The zero-order chi connectivity index (χ0) is 42.1. The average molecular weight is 835 g/mol. The van der Waals surface area contributed by atoms with E-state index in [9.17, 15) is 19.2 Å². The highest BCUT2D eigenvalue weighted by Crippen LogP contribution is 2.41. The summed E-state index contributed by atoms with van der Waals surface area (Å²) in [5.41, 5.74) is 3.47. The number of fused-ring (bicyclic) bond motifs is 4. The van der Waals surface area contributed by atoms with Gasteiger partial charge in [-0.25, -0.2) is 0 Å². The van der Waals surface area contributed by atoms with Crippen molar-refractivity contribution in [1.29, 1.82) is 0 Å². The lowest BCUT2D eigenvalue weighted by Crippen LogP contribution is -2.45. The maximum atomic E-state index is 14.0. The Balaban J connectivity index is 1.17. The fraction of sp³-hybridized carbons (Fsp3) is 0.581. The van der Waals surface area contributed by atoms with E-state index in [0.717, 1.165) is 23.2 Å². The maximum absolute atomic E-state index is 14.0. The molecule has 0 saturated carbocycles. The van der Waals surface area contributed by atoms with Gasteiger partial charge in [-0.3, -0.25) is 29.0 Å². The Labute approximate surface area is 345 Å². The molecule has 0 N–H and O–H groups in total. The van der Waals surface area contributed by atoms with Crippen molar-refractivity contribution in [3.63, 3.8) is 0 Å². The molecule has 1 fully saturated rings. The number of anilines is 2. The predicted molar refractivity (Wildman–Crippen MR) is 230 cm³/mol. The highest BCUT2D eigenvalue weighted by molar-refractivity contribution is 6.76. The summed E-state index contributed by atoms with van der Waals surface area (Å²) in [4.78, 5) is 62.3. The molecule has 13 nitrogen and oxygen atoms in total. The molecule has 6 rings (SSSR count). The molecule has 3 atom stereocenters. The highest BCUT2D eigenvalue weighted by Gasteiger charge is 2.45. The van der Waals surface area contributed by atoms with Gasteiger partial charge in [0.2, 0.25) is 0 Å². The minimum atomic E-state index is -1.37. The summed E-state index contributed by atoms with van der Waals surface area (Å²) in [6.45, 7) is 21.8. The van der Waals surface area contributed by atoms with Crippen molar-refractivity contribution in [2.75, 3.05) is 63.3 Å². The predicted octanol–water partition coefficient (Wildman–Crippen LogP) is 7.14. The second-order valence-electron chi connectivity index (χ2n) is 18.7. The molecule has 4 aliphatic heterocycles. The van der Waals surface area contributed by atoms with E-state index in [1.54, 1.807) is 39.1 Å². The van der Waals surface area contributed by atoms with E-state index in [-0.39, 0.29) is 56.2 Å². The second kappa shape index (κ2) is 17.6. The first-order chi connectivity index (χ1) is 27.4. The molecular formula is C43H62N4O9Si2. The van der Waals surface area contributed by atoms with Gasteiger partial charge in [0, 0.05) is 60.7 Å². The molecule has 316 valence electrons. The van der Waals surface area contributed by atoms with Crippen LogP contribution in [0.3, 0.4) is 0 Å². The maximum Gasteiger partial charge on any atom is 0.260 e. The van der Waals surface area contributed by atoms with Crippen LogP contribution in [-0.2, 0) is 19.1 Å². The number of carbonyl (C=O) groups excluding carboxylic acids is 4. The van der Waals surface area contributed by atoms with E-state index in [1.807, 2.05) is 19.9 Å². The Bertz CT molecular complexity index is 1940. The first-order valence-corrected chi connectivity index (χ1v) is 28.0. The molecule has 1 unspecified atom stereocenters. The summed E-state index contributed by atoms with van der Waals surface area (Å²) >= 11 is 0. The fourth-order valence-corrected chi connectivity index (χ4v) is 9.30. The number of methoxy groups -OCH3 is 1. The van der Waals surface area contributed by atoms with Crippen LogP contribution in [0.1, 0.15) is 59.4 Å². The number of hydrogen-bond donors (Lipinski definition) is 0. The van der Waals surface area contributed by atoms with E-state index in [1.165, 1.54) is 12.0 Å². The van der Waals surface area contributed by atoms with Crippen molar-refractivity contribution in [2.24, 2.45) is 5.92 Å². The van der Waals surface area contributed by atoms with Crippen LogP contribution in [0, 0.1) is 12.8 Å². The Kier molecular flexibility index (Phi) is 13.2. The van der Waals surface area contributed by atoms with Gasteiger partial charge in [0.15, 0.2) is 11.5 Å². The van der Waals surface area contributed by atoms with Crippen LogP contribution in [0.15, 0.2) is 36.0 Å². The van der Waals surface area contributed by atoms with Crippen LogP contribution >= 0.6 is 0 Å². The van der Waals surface area contributed by atoms with Gasteiger partial charge in [-0.2, -0.15) is 0 Å². The van der Waals surface area contributed by atoms with E-state index >= 15 is 0 Å². The molecule has 4 aliphatic rings. The summed E-state index contributed by atoms with van der Waals surface area (Å²) in [6.07, 6.45) is 3.32.